The second-order valence-corrected chi connectivity index (χ2v) is 3.70. The first-order valence-electron chi connectivity index (χ1n) is 5.13. The zero-order valence-electron chi connectivity index (χ0n) is 9.71. The number of hydrogen-bond acceptors (Lipinski definition) is 2. The Morgan fingerprint density at radius 3 is 2.67 bits per heavy atom. The highest BCUT2D eigenvalue weighted by Crippen LogP contribution is 2.20. The molecule has 0 fully saturated rings. The Labute approximate surface area is 92.0 Å². The lowest BCUT2D eigenvalue weighted by Crippen LogP contribution is -2.28. The first-order chi connectivity index (χ1) is 7.19. The number of methoxy groups -OCH3 is 1. The third-order valence-electron chi connectivity index (χ3n) is 2.56. The molecular formula is C13H19NO. The summed E-state index contributed by atoms with van der Waals surface area (Å²) in [5, 5.41) is 3.25. The Morgan fingerprint density at radius 1 is 1.47 bits per heavy atom. The third kappa shape index (κ3) is 3.10. The van der Waals surface area contributed by atoms with Gasteiger partial charge < -0.3 is 10.1 Å². The summed E-state index contributed by atoms with van der Waals surface area (Å²) >= 11 is 0. The van der Waals surface area contributed by atoms with E-state index in [0.717, 1.165) is 17.7 Å². The van der Waals surface area contributed by atoms with Gasteiger partial charge in [0.15, 0.2) is 0 Å². The monoisotopic (exact) mass is 205 g/mol. The van der Waals surface area contributed by atoms with Crippen molar-refractivity contribution in [2.45, 2.75) is 19.4 Å². The molecule has 0 aromatic heterocycles. The van der Waals surface area contributed by atoms with E-state index in [-0.39, 0.29) is 0 Å². The van der Waals surface area contributed by atoms with Gasteiger partial charge in [-0.1, -0.05) is 30.4 Å². The molecule has 0 saturated carbocycles. The minimum absolute atomic E-state index is 0.307. The standard InChI is InChI=1S/C13H19NO/c1-10(2)12(14-3)9-11-7-5-6-8-13(11)15-4/h5-8,12,14H,1,9H2,2-4H3. The fourth-order valence-corrected chi connectivity index (χ4v) is 1.61. The number of rotatable bonds is 5. The van der Waals surface area contributed by atoms with Crippen molar-refractivity contribution < 1.29 is 4.74 Å². The molecular weight excluding hydrogens is 186 g/mol. The molecule has 1 aromatic carbocycles. The van der Waals surface area contributed by atoms with Gasteiger partial charge in [0.1, 0.15) is 5.75 Å². The minimum Gasteiger partial charge on any atom is -0.496 e. The predicted molar refractivity (Wildman–Crippen MR) is 64.4 cm³/mol. The third-order valence-corrected chi connectivity index (χ3v) is 2.56. The zero-order chi connectivity index (χ0) is 11.3. The van der Waals surface area contributed by atoms with Gasteiger partial charge in [-0.3, -0.25) is 0 Å². The van der Waals surface area contributed by atoms with Crippen LogP contribution in [-0.2, 0) is 6.42 Å². The summed E-state index contributed by atoms with van der Waals surface area (Å²) in [4.78, 5) is 0. The van der Waals surface area contributed by atoms with Crippen molar-refractivity contribution in [3.05, 3.63) is 42.0 Å². The fourth-order valence-electron chi connectivity index (χ4n) is 1.61. The van der Waals surface area contributed by atoms with Crippen LogP contribution >= 0.6 is 0 Å². The molecule has 0 bridgehead atoms. The molecule has 1 atom stereocenters. The molecule has 82 valence electrons. The summed E-state index contributed by atoms with van der Waals surface area (Å²) in [5.74, 6) is 0.944. The fraction of sp³-hybridized carbons (Fsp3) is 0.385. The quantitative estimate of drug-likeness (QED) is 0.745. The smallest absolute Gasteiger partial charge is 0.122 e. The number of hydrogen-bond donors (Lipinski definition) is 1. The van der Waals surface area contributed by atoms with Gasteiger partial charge in [-0.05, 0) is 32.0 Å². The molecule has 0 radical (unpaired) electrons. The molecule has 2 nitrogen and oxygen atoms in total. The van der Waals surface area contributed by atoms with E-state index in [9.17, 15) is 0 Å². The van der Waals surface area contributed by atoms with Crippen LogP contribution in [0.5, 0.6) is 5.75 Å². The Hall–Kier alpha value is -1.28. The van der Waals surface area contributed by atoms with Gasteiger partial charge in [-0.25, -0.2) is 0 Å². The molecule has 0 heterocycles. The average molecular weight is 205 g/mol. The molecule has 1 aromatic rings. The van der Waals surface area contributed by atoms with Gasteiger partial charge in [0, 0.05) is 6.04 Å². The van der Waals surface area contributed by atoms with Crippen LogP contribution in [-0.4, -0.2) is 20.2 Å². The van der Waals surface area contributed by atoms with E-state index in [0.29, 0.717) is 6.04 Å². The Kier molecular flexibility index (Phi) is 4.37. The van der Waals surface area contributed by atoms with Crippen molar-refractivity contribution in [2.75, 3.05) is 14.2 Å². The molecule has 0 aliphatic rings. The molecule has 2 heteroatoms. The van der Waals surface area contributed by atoms with E-state index in [2.05, 4.69) is 18.0 Å². The van der Waals surface area contributed by atoms with Crippen LogP contribution in [0.25, 0.3) is 0 Å². The van der Waals surface area contributed by atoms with Crippen molar-refractivity contribution in [3.63, 3.8) is 0 Å². The largest absolute Gasteiger partial charge is 0.496 e. The second kappa shape index (κ2) is 5.56. The lowest BCUT2D eigenvalue weighted by molar-refractivity contribution is 0.407. The van der Waals surface area contributed by atoms with Crippen molar-refractivity contribution in [2.24, 2.45) is 0 Å². The number of para-hydroxylation sites is 1. The normalized spacial score (nSPS) is 12.2. The molecule has 0 saturated heterocycles. The van der Waals surface area contributed by atoms with Crippen LogP contribution in [0.15, 0.2) is 36.4 Å². The molecule has 0 aliphatic heterocycles. The summed E-state index contributed by atoms with van der Waals surface area (Å²) in [6, 6.07) is 8.40. The lowest BCUT2D eigenvalue weighted by Gasteiger charge is -2.17. The van der Waals surface area contributed by atoms with E-state index in [1.165, 1.54) is 5.56 Å². The Morgan fingerprint density at radius 2 is 2.13 bits per heavy atom. The molecule has 1 unspecified atom stereocenters. The SMILES string of the molecule is C=C(C)C(Cc1ccccc1OC)NC. The molecule has 1 rings (SSSR count). The van der Waals surface area contributed by atoms with E-state index >= 15 is 0 Å². The van der Waals surface area contributed by atoms with Crippen molar-refractivity contribution in [1.82, 2.24) is 5.32 Å². The molecule has 1 N–H and O–H groups in total. The first kappa shape index (κ1) is 11.8. The number of ether oxygens (including phenoxy) is 1. The second-order valence-electron chi connectivity index (χ2n) is 3.70. The van der Waals surface area contributed by atoms with Gasteiger partial charge in [0.05, 0.1) is 7.11 Å². The first-order valence-corrected chi connectivity index (χ1v) is 5.13. The average Bonchev–Trinajstić information content (AvgIpc) is 2.25. The minimum atomic E-state index is 0.307. The van der Waals surface area contributed by atoms with Gasteiger partial charge in [0.2, 0.25) is 0 Å². The topological polar surface area (TPSA) is 21.3 Å². The number of nitrogens with one attached hydrogen (secondary N) is 1. The predicted octanol–water partition coefficient (Wildman–Crippen LogP) is 2.40. The van der Waals surface area contributed by atoms with Crippen molar-refractivity contribution in [3.8, 4) is 5.75 Å². The Bertz CT molecular complexity index is 333. The van der Waals surface area contributed by atoms with Crippen molar-refractivity contribution in [1.29, 1.82) is 0 Å². The summed E-state index contributed by atoms with van der Waals surface area (Å²) < 4.78 is 5.31. The van der Waals surface area contributed by atoms with E-state index in [1.807, 2.05) is 32.2 Å². The van der Waals surface area contributed by atoms with Gasteiger partial charge in [-0.15, -0.1) is 0 Å². The zero-order valence-corrected chi connectivity index (χ0v) is 9.71. The maximum Gasteiger partial charge on any atom is 0.122 e. The van der Waals surface area contributed by atoms with Crippen molar-refractivity contribution >= 4 is 0 Å². The van der Waals surface area contributed by atoms with E-state index in [4.69, 9.17) is 4.74 Å². The van der Waals surface area contributed by atoms with E-state index in [1.54, 1.807) is 7.11 Å². The number of likely N-dealkylation sites (N-methyl/N-ethyl adjacent to an activating group) is 1. The highest BCUT2D eigenvalue weighted by atomic mass is 16.5. The Balaban J connectivity index is 2.82. The van der Waals surface area contributed by atoms with E-state index < -0.39 is 0 Å². The highest BCUT2D eigenvalue weighted by Gasteiger charge is 2.10. The lowest BCUT2D eigenvalue weighted by atomic mass is 10.0. The van der Waals surface area contributed by atoms with Crippen LogP contribution in [0.3, 0.4) is 0 Å². The summed E-state index contributed by atoms with van der Waals surface area (Å²) in [6.07, 6.45) is 0.913. The molecule has 0 aliphatic carbocycles. The molecule has 15 heavy (non-hydrogen) atoms. The van der Waals surface area contributed by atoms with Gasteiger partial charge in [-0.2, -0.15) is 0 Å². The summed E-state index contributed by atoms with van der Waals surface area (Å²) in [7, 11) is 3.66. The van der Waals surface area contributed by atoms with Crippen LogP contribution in [0.1, 0.15) is 12.5 Å². The van der Waals surface area contributed by atoms with Crippen LogP contribution in [0.4, 0.5) is 0 Å². The highest BCUT2D eigenvalue weighted by molar-refractivity contribution is 5.34. The maximum absolute atomic E-state index is 5.31. The maximum atomic E-state index is 5.31. The molecule has 0 spiro atoms. The number of benzene rings is 1. The van der Waals surface area contributed by atoms with Crippen LogP contribution in [0, 0.1) is 0 Å². The summed E-state index contributed by atoms with van der Waals surface area (Å²) in [6.45, 7) is 6.01. The molecule has 0 amide bonds. The summed E-state index contributed by atoms with van der Waals surface area (Å²) in [5.41, 5.74) is 2.35. The van der Waals surface area contributed by atoms with Crippen LogP contribution < -0.4 is 10.1 Å². The van der Waals surface area contributed by atoms with Crippen LogP contribution in [0.2, 0.25) is 0 Å². The van der Waals surface area contributed by atoms with Gasteiger partial charge in [0.25, 0.3) is 0 Å². The van der Waals surface area contributed by atoms with Gasteiger partial charge >= 0.3 is 0 Å².